The molecule has 0 aromatic heterocycles. The summed E-state index contributed by atoms with van der Waals surface area (Å²) in [5.74, 6) is 0.0247. The van der Waals surface area contributed by atoms with Crippen LogP contribution in [0.15, 0.2) is 24.3 Å². The van der Waals surface area contributed by atoms with Gasteiger partial charge in [-0.05, 0) is 30.9 Å². The van der Waals surface area contributed by atoms with E-state index in [0.29, 0.717) is 38.2 Å². The third-order valence-corrected chi connectivity index (χ3v) is 4.74. The molecule has 1 atom stereocenters. The number of piperazine rings is 1. The van der Waals surface area contributed by atoms with Gasteiger partial charge >= 0.3 is 0 Å². The van der Waals surface area contributed by atoms with Gasteiger partial charge in [0, 0.05) is 38.7 Å². The minimum Gasteiger partial charge on any atom is -0.340 e. The Kier molecular flexibility index (Phi) is 6.77. The predicted molar refractivity (Wildman–Crippen MR) is 101 cm³/mol. The molecule has 1 N–H and O–H groups in total. The molecule has 1 heterocycles. The average Bonchev–Trinajstić information content (AvgIpc) is 2.60. The molecular weight excluding hydrogens is 330 g/mol. The van der Waals surface area contributed by atoms with Gasteiger partial charge in [0.15, 0.2) is 0 Å². The number of hydrogen-bond acceptors (Lipinski definition) is 3. The molecule has 1 saturated heterocycles. The van der Waals surface area contributed by atoms with Crippen LogP contribution in [0.1, 0.15) is 43.1 Å². The van der Waals surface area contributed by atoms with Crippen LogP contribution in [0.4, 0.5) is 0 Å². The van der Waals surface area contributed by atoms with Gasteiger partial charge in [0.1, 0.15) is 6.04 Å². The van der Waals surface area contributed by atoms with Crippen molar-refractivity contribution in [2.45, 2.75) is 40.2 Å². The zero-order chi connectivity index (χ0) is 19.3. The van der Waals surface area contributed by atoms with Gasteiger partial charge < -0.3 is 15.1 Å². The quantitative estimate of drug-likeness (QED) is 0.872. The monoisotopic (exact) mass is 359 g/mol. The molecule has 6 heteroatoms. The largest absolute Gasteiger partial charge is 0.340 e. The Hall–Kier alpha value is -2.37. The Balaban J connectivity index is 2.07. The number of carbonyl (C=O) groups is 3. The third-order valence-electron chi connectivity index (χ3n) is 4.74. The fraction of sp³-hybridized carbons (Fsp3) is 0.550. The molecule has 0 saturated carbocycles. The first-order valence-electron chi connectivity index (χ1n) is 9.20. The van der Waals surface area contributed by atoms with E-state index in [1.807, 2.05) is 39.0 Å². The molecule has 1 aliphatic heterocycles. The topological polar surface area (TPSA) is 69.7 Å². The van der Waals surface area contributed by atoms with Gasteiger partial charge in [-0.15, -0.1) is 0 Å². The number of hydrogen-bond donors (Lipinski definition) is 1. The molecule has 0 unspecified atom stereocenters. The summed E-state index contributed by atoms with van der Waals surface area (Å²) >= 11 is 0. The van der Waals surface area contributed by atoms with E-state index in [1.165, 1.54) is 0 Å². The normalized spacial score (nSPS) is 15.7. The standard InChI is InChI=1S/C20H29N3O3/c1-14(2)13-18(21-19(25)17-8-6-5-7-15(17)3)20(26)23-11-9-22(10-12-23)16(4)24/h5-8,14,18H,9-13H2,1-4H3,(H,21,25)/t18-/m0/s1. The lowest BCUT2D eigenvalue weighted by Gasteiger charge is -2.36. The summed E-state index contributed by atoms with van der Waals surface area (Å²) in [6.07, 6.45) is 0.587. The van der Waals surface area contributed by atoms with Gasteiger partial charge in [-0.25, -0.2) is 0 Å². The first-order valence-corrected chi connectivity index (χ1v) is 9.20. The summed E-state index contributed by atoms with van der Waals surface area (Å²) in [6, 6.07) is 6.81. The first-order chi connectivity index (χ1) is 12.3. The highest BCUT2D eigenvalue weighted by molar-refractivity contribution is 5.98. The van der Waals surface area contributed by atoms with Crippen LogP contribution >= 0.6 is 0 Å². The van der Waals surface area contributed by atoms with Gasteiger partial charge in [0.25, 0.3) is 5.91 Å². The van der Waals surface area contributed by atoms with Crippen molar-refractivity contribution in [3.8, 4) is 0 Å². The zero-order valence-electron chi connectivity index (χ0n) is 16.1. The zero-order valence-corrected chi connectivity index (χ0v) is 16.1. The van der Waals surface area contributed by atoms with E-state index >= 15 is 0 Å². The maximum atomic E-state index is 13.0. The SMILES string of the molecule is CC(=O)N1CCN(C(=O)[C@H](CC(C)C)NC(=O)c2ccccc2C)CC1. The van der Waals surface area contributed by atoms with Crippen molar-refractivity contribution in [2.75, 3.05) is 26.2 Å². The molecule has 0 bridgehead atoms. The highest BCUT2D eigenvalue weighted by Gasteiger charge is 2.30. The first kappa shape index (κ1) is 19.9. The molecular formula is C20H29N3O3. The van der Waals surface area contributed by atoms with Crippen LogP contribution < -0.4 is 5.32 Å². The van der Waals surface area contributed by atoms with Crippen molar-refractivity contribution < 1.29 is 14.4 Å². The summed E-state index contributed by atoms with van der Waals surface area (Å²) < 4.78 is 0. The minimum atomic E-state index is -0.550. The Morgan fingerprint density at radius 2 is 1.62 bits per heavy atom. The molecule has 0 spiro atoms. The molecule has 6 nitrogen and oxygen atoms in total. The Bertz CT molecular complexity index is 664. The molecule has 142 valence electrons. The molecule has 1 fully saturated rings. The number of aryl methyl sites for hydroxylation is 1. The molecule has 1 aliphatic rings. The van der Waals surface area contributed by atoms with Crippen molar-refractivity contribution in [3.05, 3.63) is 35.4 Å². The molecule has 1 aromatic carbocycles. The van der Waals surface area contributed by atoms with Crippen molar-refractivity contribution in [3.63, 3.8) is 0 Å². The van der Waals surface area contributed by atoms with Crippen LogP contribution in [-0.4, -0.2) is 59.7 Å². The van der Waals surface area contributed by atoms with E-state index < -0.39 is 6.04 Å². The van der Waals surface area contributed by atoms with Gasteiger partial charge in [0.2, 0.25) is 11.8 Å². The maximum absolute atomic E-state index is 13.0. The van der Waals surface area contributed by atoms with E-state index in [4.69, 9.17) is 0 Å². The fourth-order valence-corrected chi connectivity index (χ4v) is 3.22. The van der Waals surface area contributed by atoms with E-state index in [0.717, 1.165) is 5.56 Å². The van der Waals surface area contributed by atoms with E-state index in [-0.39, 0.29) is 23.6 Å². The number of benzene rings is 1. The summed E-state index contributed by atoms with van der Waals surface area (Å²) in [4.78, 5) is 40.6. The number of nitrogens with zero attached hydrogens (tertiary/aromatic N) is 2. The van der Waals surface area contributed by atoms with Gasteiger partial charge in [-0.1, -0.05) is 32.0 Å². The van der Waals surface area contributed by atoms with Crippen LogP contribution in [0.25, 0.3) is 0 Å². The third kappa shape index (κ3) is 5.07. The second kappa shape index (κ2) is 8.83. The van der Waals surface area contributed by atoms with E-state index in [2.05, 4.69) is 5.32 Å². The van der Waals surface area contributed by atoms with Gasteiger partial charge in [0.05, 0.1) is 0 Å². The molecule has 3 amide bonds. The smallest absolute Gasteiger partial charge is 0.252 e. The van der Waals surface area contributed by atoms with Crippen molar-refractivity contribution in [1.29, 1.82) is 0 Å². The Morgan fingerprint density at radius 1 is 1.04 bits per heavy atom. The van der Waals surface area contributed by atoms with Crippen LogP contribution in [0.5, 0.6) is 0 Å². The summed E-state index contributed by atoms with van der Waals surface area (Å²) in [5, 5.41) is 2.93. The Labute approximate surface area is 155 Å². The maximum Gasteiger partial charge on any atom is 0.252 e. The van der Waals surface area contributed by atoms with E-state index in [9.17, 15) is 14.4 Å². The molecule has 0 aliphatic carbocycles. The van der Waals surface area contributed by atoms with Crippen LogP contribution in [0.2, 0.25) is 0 Å². The summed E-state index contributed by atoms with van der Waals surface area (Å²) in [5.41, 5.74) is 1.48. The number of nitrogens with one attached hydrogen (secondary N) is 1. The second-order valence-electron chi connectivity index (χ2n) is 7.30. The number of rotatable bonds is 5. The predicted octanol–water partition coefficient (Wildman–Crippen LogP) is 1.83. The molecule has 26 heavy (non-hydrogen) atoms. The average molecular weight is 359 g/mol. The number of amides is 3. The van der Waals surface area contributed by atoms with Crippen LogP contribution in [0, 0.1) is 12.8 Å². The summed E-state index contributed by atoms with van der Waals surface area (Å²) in [6.45, 7) is 9.60. The highest BCUT2D eigenvalue weighted by Crippen LogP contribution is 2.13. The van der Waals surface area contributed by atoms with Crippen molar-refractivity contribution in [2.24, 2.45) is 5.92 Å². The van der Waals surface area contributed by atoms with Crippen LogP contribution in [-0.2, 0) is 9.59 Å². The Morgan fingerprint density at radius 3 is 2.15 bits per heavy atom. The fourth-order valence-electron chi connectivity index (χ4n) is 3.22. The second-order valence-corrected chi connectivity index (χ2v) is 7.30. The molecule has 2 rings (SSSR count). The number of carbonyl (C=O) groups excluding carboxylic acids is 3. The lowest BCUT2D eigenvalue weighted by Crippen LogP contribution is -2.55. The van der Waals surface area contributed by atoms with Crippen molar-refractivity contribution in [1.82, 2.24) is 15.1 Å². The molecule has 1 aromatic rings. The summed E-state index contributed by atoms with van der Waals surface area (Å²) in [7, 11) is 0. The van der Waals surface area contributed by atoms with Gasteiger partial charge in [-0.3, -0.25) is 14.4 Å². The minimum absolute atomic E-state index is 0.0312. The van der Waals surface area contributed by atoms with Gasteiger partial charge in [-0.2, -0.15) is 0 Å². The lowest BCUT2D eigenvalue weighted by molar-refractivity contribution is -0.140. The lowest BCUT2D eigenvalue weighted by atomic mass is 10.0. The van der Waals surface area contributed by atoms with E-state index in [1.54, 1.807) is 22.8 Å². The molecule has 0 radical (unpaired) electrons. The highest BCUT2D eigenvalue weighted by atomic mass is 16.2. The van der Waals surface area contributed by atoms with Crippen molar-refractivity contribution >= 4 is 17.7 Å². The van der Waals surface area contributed by atoms with Crippen LogP contribution in [0.3, 0.4) is 0 Å².